The van der Waals surface area contributed by atoms with Crippen LogP contribution in [0.5, 0.6) is 0 Å². The van der Waals surface area contributed by atoms with Gasteiger partial charge in [-0.3, -0.25) is 9.63 Å². The van der Waals surface area contributed by atoms with Crippen molar-refractivity contribution in [2.24, 2.45) is 0 Å². The Balaban J connectivity index is 2.30. The van der Waals surface area contributed by atoms with E-state index in [9.17, 15) is 4.79 Å². The molecule has 0 spiro atoms. The molecule has 0 aromatic rings. The normalized spacial score (nSPS) is 24.7. The number of likely N-dealkylation sites (tertiary alicyclic amines) is 1. The Kier molecular flexibility index (Phi) is 2.84. The minimum atomic E-state index is 0.217. The number of nitrogens with one attached hydrogen (secondary N) is 1. The Morgan fingerprint density at radius 1 is 1.82 bits per heavy atom. The number of rotatable bonds is 3. The molecule has 0 aliphatic carbocycles. The topological polar surface area (TPSA) is 41.6 Å². The van der Waals surface area contributed by atoms with Gasteiger partial charge in [-0.25, -0.2) is 5.48 Å². The standard InChI is InChI=1S/C7H14N2O2/c1-8-11-5-6-3-4-7(10)9(6)2/h6,8H,3-5H2,1-2H3. The molecule has 1 amide bonds. The maximum absolute atomic E-state index is 11.0. The van der Waals surface area contributed by atoms with Crippen molar-refractivity contribution >= 4 is 5.91 Å². The predicted octanol–water partition coefficient (Wildman–Crippen LogP) is -0.242. The summed E-state index contributed by atoms with van der Waals surface area (Å²) in [7, 11) is 3.54. The summed E-state index contributed by atoms with van der Waals surface area (Å²) in [5.41, 5.74) is 2.59. The van der Waals surface area contributed by atoms with Gasteiger partial charge in [-0.15, -0.1) is 0 Å². The maximum atomic E-state index is 11.0. The number of amides is 1. The van der Waals surface area contributed by atoms with Crippen molar-refractivity contribution in [3.8, 4) is 0 Å². The highest BCUT2D eigenvalue weighted by molar-refractivity contribution is 5.78. The van der Waals surface area contributed by atoms with Crippen LogP contribution >= 0.6 is 0 Å². The fourth-order valence-electron chi connectivity index (χ4n) is 1.24. The molecule has 1 heterocycles. The number of carbonyl (C=O) groups is 1. The first-order chi connectivity index (χ1) is 5.25. The highest BCUT2D eigenvalue weighted by Crippen LogP contribution is 2.15. The summed E-state index contributed by atoms with van der Waals surface area (Å²) in [6, 6.07) is 0.259. The van der Waals surface area contributed by atoms with E-state index in [0.29, 0.717) is 13.0 Å². The first-order valence-corrected chi connectivity index (χ1v) is 3.80. The van der Waals surface area contributed by atoms with E-state index in [1.54, 1.807) is 11.9 Å². The van der Waals surface area contributed by atoms with Gasteiger partial charge in [0.05, 0.1) is 12.6 Å². The summed E-state index contributed by atoms with van der Waals surface area (Å²) < 4.78 is 0. The number of likely N-dealkylation sites (N-methyl/N-ethyl adjacent to an activating group) is 1. The molecule has 1 N–H and O–H groups in total. The molecular weight excluding hydrogens is 144 g/mol. The van der Waals surface area contributed by atoms with E-state index < -0.39 is 0 Å². The van der Waals surface area contributed by atoms with Crippen LogP contribution in [0.15, 0.2) is 0 Å². The van der Waals surface area contributed by atoms with Gasteiger partial charge >= 0.3 is 0 Å². The van der Waals surface area contributed by atoms with Gasteiger partial charge in [-0.2, -0.15) is 0 Å². The van der Waals surface area contributed by atoms with Crippen LogP contribution in [0.2, 0.25) is 0 Å². The van der Waals surface area contributed by atoms with Gasteiger partial charge in [-0.05, 0) is 6.42 Å². The zero-order chi connectivity index (χ0) is 8.27. The molecule has 64 valence electrons. The van der Waals surface area contributed by atoms with Crippen LogP contribution in [0.25, 0.3) is 0 Å². The molecule has 0 aromatic heterocycles. The average molecular weight is 158 g/mol. The Labute approximate surface area is 66.5 Å². The lowest BCUT2D eigenvalue weighted by atomic mass is 10.2. The Morgan fingerprint density at radius 3 is 3.00 bits per heavy atom. The number of hydrogen-bond acceptors (Lipinski definition) is 3. The average Bonchev–Trinajstić information content (AvgIpc) is 2.31. The summed E-state index contributed by atoms with van der Waals surface area (Å²) in [6.45, 7) is 0.582. The van der Waals surface area contributed by atoms with Crippen molar-refractivity contribution in [2.75, 3.05) is 20.7 Å². The lowest BCUT2D eigenvalue weighted by molar-refractivity contribution is -0.128. The van der Waals surface area contributed by atoms with Crippen LogP contribution in [-0.4, -0.2) is 37.6 Å². The summed E-state index contributed by atoms with van der Waals surface area (Å²) in [4.78, 5) is 17.7. The van der Waals surface area contributed by atoms with E-state index in [-0.39, 0.29) is 11.9 Å². The lowest BCUT2D eigenvalue weighted by Crippen LogP contribution is -2.33. The van der Waals surface area contributed by atoms with Crippen LogP contribution in [0.3, 0.4) is 0 Å². The zero-order valence-corrected chi connectivity index (χ0v) is 6.96. The van der Waals surface area contributed by atoms with Crippen molar-refractivity contribution in [1.82, 2.24) is 10.4 Å². The molecule has 4 nitrogen and oxygen atoms in total. The Bertz CT molecular complexity index is 149. The van der Waals surface area contributed by atoms with Crippen molar-refractivity contribution in [2.45, 2.75) is 18.9 Å². The fourth-order valence-corrected chi connectivity index (χ4v) is 1.24. The Morgan fingerprint density at radius 2 is 2.55 bits per heavy atom. The summed E-state index contributed by atoms with van der Waals surface area (Å²) in [5, 5.41) is 0. The van der Waals surface area contributed by atoms with E-state index >= 15 is 0 Å². The number of carbonyl (C=O) groups excluding carboxylic acids is 1. The largest absolute Gasteiger partial charge is 0.340 e. The van der Waals surface area contributed by atoms with Crippen molar-refractivity contribution in [3.63, 3.8) is 0 Å². The van der Waals surface area contributed by atoms with Gasteiger partial charge in [0.15, 0.2) is 0 Å². The minimum Gasteiger partial charge on any atom is -0.340 e. The quantitative estimate of drug-likeness (QED) is 0.576. The van der Waals surface area contributed by atoms with E-state index in [4.69, 9.17) is 4.84 Å². The van der Waals surface area contributed by atoms with Gasteiger partial charge in [0.1, 0.15) is 0 Å². The first-order valence-electron chi connectivity index (χ1n) is 3.80. The SMILES string of the molecule is CNOCC1CCC(=O)N1C. The number of nitrogens with zero attached hydrogens (tertiary/aromatic N) is 1. The summed E-state index contributed by atoms with van der Waals surface area (Å²) >= 11 is 0. The molecule has 1 atom stereocenters. The van der Waals surface area contributed by atoms with Crippen LogP contribution in [-0.2, 0) is 9.63 Å². The zero-order valence-electron chi connectivity index (χ0n) is 6.96. The highest BCUT2D eigenvalue weighted by atomic mass is 16.6. The van der Waals surface area contributed by atoms with Gasteiger partial charge in [0.2, 0.25) is 5.91 Å². The second-order valence-electron chi connectivity index (χ2n) is 2.71. The van der Waals surface area contributed by atoms with E-state index in [1.807, 2.05) is 7.05 Å². The summed E-state index contributed by atoms with van der Waals surface area (Å²) in [5.74, 6) is 0.217. The monoisotopic (exact) mass is 158 g/mol. The third kappa shape index (κ3) is 1.91. The van der Waals surface area contributed by atoms with Gasteiger partial charge < -0.3 is 4.90 Å². The van der Waals surface area contributed by atoms with E-state index in [0.717, 1.165) is 6.42 Å². The molecule has 4 heteroatoms. The summed E-state index contributed by atoms with van der Waals surface area (Å²) in [6.07, 6.45) is 1.57. The molecule has 1 fully saturated rings. The minimum absolute atomic E-state index is 0.217. The molecule has 0 saturated carbocycles. The van der Waals surface area contributed by atoms with Gasteiger partial charge in [-0.1, -0.05) is 0 Å². The predicted molar refractivity (Wildman–Crippen MR) is 40.8 cm³/mol. The molecule has 0 aromatic carbocycles. The van der Waals surface area contributed by atoms with Crippen LogP contribution in [0.4, 0.5) is 0 Å². The molecule has 1 saturated heterocycles. The van der Waals surface area contributed by atoms with Crippen molar-refractivity contribution in [3.05, 3.63) is 0 Å². The van der Waals surface area contributed by atoms with Crippen molar-refractivity contribution < 1.29 is 9.63 Å². The van der Waals surface area contributed by atoms with Crippen LogP contribution in [0.1, 0.15) is 12.8 Å². The fraction of sp³-hybridized carbons (Fsp3) is 0.857. The molecular formula is C7H14N2O2. The van der Waals surface area contributed by atoms with Crippen LogP contribution in [0, 0.1) is 0 Å². The number of hydroxylamine groups is 1. The van der Waals surface area contributed by atoms with E-state index in [1.165, 1.54) is 0 Å². The molecule has 1 rings (SSSR count). The van der Waals surface area contributed by atoms with Gasteiger partial charge in [0.25, 0.3) is 0 Å². The first kappa shape index (κ1) is 8.49. The third-order valence-corrected chi connectivity index (χ3v) is 2.05. The second kappa shape index (κ2) is 3.69. The maximum Gasteiger partial charge on any atom is 0.222 e. The smallest absolute Gasteiger partial charge is 0.222 e. The third-order valence-electron chi connectivity index (χ3n) is 2.05. The molecule has 0 radical (unpaired) electrons. The number of hydrogen-bond donors (Lipinski definition) is 1. The second-order valence-corrected chi connectivity index (χ2v) is 2.71. The van der Waals surface area contributed by atoms with Gasteiger partial charge in [0, 0.05) is 20.5 Å². The van der Waals surface area contributed by atoms with Crippen molar-refractivity contribution in [1.29, 1.82) is 0 Å². The van der Waals surface area contributed by atoms with Crippen LogP contribution < -0.4 is 5.48 Å². The molecule has 1 unspecified atom stereocenters. The molecule has 11 heavy (non-hydrogen) atoms. The molecule has 1 aliphatic rings. The lowest BCUT2D eigenvalue weighted by Gasteiger charge is -2.18. The molecule has 0 bridgehead atoms. The highest BCUT2D eigenvalue weighted by Gasteiger charge is 2.27. The Hall–Kier alpha value is -0.610. The molecule has 1 aliphatic heterocycles. The van der Waals surface area contributed by atoms with E-state index in [2.05, 4.69) is 5.48 Å².